The van der Waals surface area contributed by atoms with E-state index >= 15 is 0 Å². The van der Waals surface area contributed by atoms with E-state index in [-0.39, 0.29) is 12.0 Å². The zero-order valence-corrected chi connectivity index (χ0v) is 7.09. The molecule has 1 rings (SSSR count). The van der Waals surface area contributed by atoms with E-state index in [1.165, 1.54) is 0 Å². The molecule has 11 heavy (non-hydrogen) atoms. The van der Waals surface area contributed by atoms with E-state index in [0.29, 0.717) is 6.54 Å². The van der Waals surface area contributed by atoms with Crippen molar-refractivity contribution in [3.8, 4) is 0 Å². The number of rotatable bonds is 2. The molecule has 0 aromatic carbocycles. The molecule has 2 unspecified atom stereocenters. The van der Waals surface area contributed by atoms with Crippen LogP contribution in [-0.4, -0.2) is 43.8 Å². The van der Waals surface area contributed by atoms with E-state index in [1.807, 2.05) is 4.90 Å². The van der Waals surface area contributed by atoms with Crippen LogP contribution in [0.3, 0.4) is 0 Å². The van der Waals surface area contributed by atoms with Crippen LogP contribution in [0.4, 0.5) is 0 Å². The third-order valence-electron chi connectivity index (χ3n) is 1.77. The molecule has 2 atom stereocenters. The molecule has 1 aliphatic heterocycles. The van der Waals surface area contributed by atoms with Crippen LogP contribution < -0.4 is 0 Å². The fourth-order valence-corrected chi connectivity index (χ4v) is 1.85. The van der Waals surface area contributed by atoms with Crippen LogP contribution in [0, 0.1) is 0 Å². The van der Waals surface area contributed by atoms with Gasteiger partial charge < -0.3 is 9.66 Å². The summed E-state index contributed by atoms with van der Waals surface area (Å²) in [7, 11) is 0. The molecule has 0 aliphatic carbocycles. The van der Waals surface area contributed by atoms with Gasteiger partial charge in [-0.1, -0.05) is 0 Å². The first-order valence-electron chi connectivity index (χ1n) is 3.66. The van der Waals surface area contributed by atoms with Crippen molar-refractivity contribution in [1.82, 2.24) is 4.90 Å². The minimum absolute atomic E-state index is 0.164. The predicted molar refractivity (Wildman–Crippen MR) is 42.5 cm³/mol. The molecule has 0 aromatic heterocycles. The third kappa shape index (κ3) is 3.29. The van der Waals surface area contributed by atoms with Crippen molar-refractivity contribution >= 4 is 11.1 Å². The van der Waals surface area contributed by atoms with E-state index in [1.54, 1.807) is 0 Å². The van der Waals surface area contributed by atoms with Crippen molar-refractivity contribution in [3.63, 3.8) is 0 Å². The molecule has 5 heteroatoms. The molecule has 4 nitrogen and oxygen atoms in total. The molecular weight excluding hydrogens is 166 g/mol. The Hall–Kier alpha value is 0.0300. The highest BCUT2D eigenvalue weighted by atomic mass is 32.2. The van der Waals surface area contributed by atoms with E-state index in [2.05, 4.69) is 0 Å². The van der Waals surface area contributed by atoms with Gasteiger partial charge in [0.05, 0.1) is 6.10 Å². The smallest absolute Gasteiger partial charge is 0.167 e. The number of aliphatic hydroxyl groups is 1. The highest BCUT2D eigenvalue weighted by Crippen LogP contribution is 2.09. The Morgan fingerprint density at radius 3 is 2.91 bits per heavy atom. The summed E-state index contributed by atoms with van der Waals surface area (Å²) in [6, 6.07) is 0. The van der Waals surface area contributed by atoms with E-state index in [9.17, 15) is 9.32 Å². The second-order valence-electron chi connectivity index (χ2n) is 2.82. The van der Waals surface area contributed by atoms with Gasteiger partial charge in [-0.15, -0.1) is 0 Å². The van der Waals surface area contributed by atoms with Gasteiger partial charge in [0.1, 0.15) is 5.88 Å². The number of hydrogen-bond donors (Lipinski definition) is 2. The number of hydrogen-bond acceptors (Lipinski definition) is 3. The maximum absolute atomic E-state index is 10.4. The number of β-amino-alcohol motifs (C(OH)–C–C–N with tert-alkyl or cyclic N) is 1. The van der Waals surface area contributed by atoms with Crippen molar-refractivity contribution in [1.29, 1.82) is 0 Å². The van der Waals surface area contributed by atoms with Gasteiger partial charge in [-0.05, 0) is 19.4 Å². The highest BCUT2D eigenvalue weighted by molar-refractivity contribution is 7.79. The lowest BCUT2D eigenvalue weighted by molar-refractivity contribution is 0.0802. The van der Waals surface area contributed by atoms with Crippen LogP contribution in [0.15, 0.2) is 0 Å². The normalized spacial score (nSPS) is 30.2. The Balaban J connectivity index is 2.28. The first-order valence-corrected chi connectivity index (χ1v) is 4.94. The lowest BCUT2D eigenvalue weighted by Crippen LogP contribution is -2.39. The summed E-state index contributed by atoms with van der Waals surface area (Å²) in [6.07, 6.45) is 1.42. The summed E-state index contributed by atoms with van der Waals surface area (Å²) >= 11 is -1.76. The topological polar surface area (TPSA) is 60.8 Å². The van der Waals surface area contributed by atoms with Gasteiger partial charge >= 0.3 is 0 Å². The van der Waals surface area contributed by atoms with E-state index in [0.717, 1.165) is 19.4 Å². The van der Waals surface area contributed by atoms with Crippen molar-refractivity contribution in [2.75, 3.05) is 19.0 Å². The largest absolute Gasteiger partial charge is 0.392 e. The SMILES string of the molecule is O=S(O)CN1CCCC(O)C1. The fourth-order valence-electron chi connectivity index (χ4n) is 1.30. The van der Waals surface area contributed by atoms with E-state index in [4.69, 9.17) is 4.55 Å². The van der Waals surface area contributed by atoms with Gasteiger partial charge in [-0.2, -0.15) is 0 Å². The minimum atomic E-state index is -1.76. The lowest BCUT2D eigenvalue weighted by atomic mass is 10.1. The van der Waals surface area contributed by atoms with Crippen molar-refractivity contribution in [2.24, 2.45) is 0 Å². The average molecular weight is 179 g/mol. The molecule has 1 saturated heterocycles. The Morgan fingerprint density at radius 1 is 1.64 bits per heavy atom. The van der Waals surface area contributed by atoms with Gasteiger partial charge in [0.15, 0.2) is 11.1 Å². The zero-order valence-electron chi connectivity index (χ0n) is 6.27. The summed E-state index contributed by atoms with van der Waals surface area (Å²) in [4.78, 5) is 1.81. The van der Waals surface area contributed by atoms with Crippen LogP contribution in [0.25, 0.3) is 0 Å². The Bertz CT molecular complexity index is 153. The molecule has 0 saturated carbocycles. The lowest BCUT2D eigenvalue weighted by Gasteiger charge is -2.28. The van der Waals surface area contributed by atoms with Gasteiger partial charge in [-0.3, -0.25) is 4.90 Å². The molecule has 1 fully saturated rings. The molecule has 0 radical (unpaired) electrons. The number of nitrogens with zero attached hydrogens (tertiary/aromatic N) is 1. The quantitative estimate of drug-likeness (QED) is 0.567. The summed E-state index contributed by atoms with van der Waals surface area (Å²) in [5.41, 5.74) is 0. The molecule has 2 N–H and O–H groups in total. The summed E-state index contributed by atoms with van der Waals surface area (Å²) < 4.78 is 18.9. The van der Waals surface area contributed by atoms with Gasteiger partial charge in [-0.25, -0.2) is 4.21 Å². The Morgan fingerprint density at radius 2 is 2.36 bits per heavy atom. The number of piperidine rings is 1. The second kappa shape index (κ2) is 4.15. The predicted octanol–water partition coefficient (Wildman–Crippen LogP) is -0.378. The van der Waals surface area contributed by atoms with Gasteiger partial charge in [0.25, 0.3) is 0 Å². The van der Waals surface area contributed by atoms with Gasteiger partial charge in [0.2, 0.25) is 0 Å². The standard InChI is InChI=1S/C6H13NO3S/c8-6-2-1-3-7(4-6)5-11(9)10/h6,8H,1-5H2,(H,9,10). The Labute approximate surface area is 68.5 Å². The van der Waals surface area contributed by atoms with Crippen LogP contribution in [-0.2, 0) is 11.1 Å². The third-order valence-corrected chi connectivity index (χ3v) is 2.36. The Kier molecular flexibility index (Phi) is 3.45. The van der Waals surface area contributed by atoms with Crippen molar-refractivity contribution in [3.05, 3.63) is 0 Å². The highest BCUT2D eigenvalue weighted by Gasteiger charge is 2.18. The molecule has 1 heterocycles. The molecule has 66 valence electrons. The van der Waals surface area contributed by atoms with Crippen LogP contribution in [0.2, 0.25) is 0 Å². The maximum atomic E-state index is 10.4. The average Bonchev–Trinajstić information content (AvgIpc) is 1.85. The maximum Gasteiger partial charge on any atom is 0.167 e. The van der Waals surface area contributed by atoms with Crippen LogP contribution >= 0.6 is 0 Å². The zero-order chi connectivity index (χ0) is 8.27. The monoisotopic (exact) mass is 179 g/mol. The summed E-state index contributed by atoms with van der Waals surface area (Å²) in [5.74, 6) is 0.164. The molecule has 0 amide bonds. The first-order chi connectivity index (χ1) is 5.18. The van der Waals surface area contributed by atoms with Crippen molar-refractivity contribution < 1.29 is 13.9 Å². The number of aliphatic hydroxyl groups excluding tert-OH is 1. The van der Waals surface area contributed by atoms with E-state index < -0.39 is 11.1 Å². The molecule has 0 spiro atoms. The summed E-state index contributed by atoms with van der Waals surface area (Å²) in [5, 5.41) is 9.17. The molecular formula is C6H13NO3S. The summed E-state index contributed by atoms with van der Waals surface area (Å²) in [6.45, 7) is 1.36. The van der Waals surface area contributed by atoms with Crippen LogP contribution in [0.1, 0.15) is 12.8 Å². The first kappa shape index (κ1) is 9.12. The van der Waals surface area contributed by atoms with Gasteiger partial charge in [0, 0.05) is 6.54 Å². The molecule has 0 bridgehead atoms. The second-order valence-corrected chi connectivity index (χ2v) is 3.72. The van der Waals surface area contributed by atoms with Crippen LogP contribution in [0.5, 0.6) is 0 Å². The van der Waals surface area contributed by atoms with Crippen molar-refractivity contribution in [2.45, 2.75) is 18.9 Å². The minimum Gasteiger partial charge on any atom is -0.392 e. The molecule has 0 aromatic rings. The number of likely N-dealkylation sites (tertiary alicyclic amines) is 1. The molecule has 1 aliphatic rings. The fraction of sp³-hybridized carbons (Fsp3) is 1.00.